The topological polar surface area (TPSA) is 106 Å². The number of aromatic amines is 1. The summed E-state index contributed by atoms with van der Waals surface area (Å²) in [5.74, 6) is -0.611. The molecule has 1 aliphatic rings. The SMILES string of the molecule is COc1cccc(CNC2CCCc3[nH]c(=O)c(C(N)=O)cc32)c1OC(F)F. The molecule has 7 nitrogen and oxygen atoms in total. The Balaban J connectivity index is 1.86. The zero-order valence-electron chi connectivity index (χ0n) is 15.3. The lowest BCUT2D eigenvalue weighted by Gasteiger charge is -2.27. The first-order valence-electron chi connectivity index (χ1n) is 8.80. The van der Waals surface area contributed by atoms with Crippen LogP contribution in [0.1, 0.15) is 46.1 Å². The molecule has 1 aliphatic carbocycles. The lowest BCUT2D eigenvalue weighted by Crippen LogP contribution is -2.31. The molecule has 1 atom stereocenters. The summed E-state index contributed by atoms with van der Waals surface area (Å²) in [6.07, 6.45) is 2.27. The molecular formula is C19H21F2N3O4. The summed E-state index contributed by atoms with van der Waals surface area (Å²) in [5.41, 5.74) is 6.69. The van der Waals surface area contributed by atoms with Gasteiger partial charge in [0.15, 0.2) is 11.5 Å². The molecule has 3 rings (SSSR count). The number of ether oxygens (including phenoxy) is 2. The highest BCUT2D eigenvalue weighted by Gasteiger charge is 2.24. The van der Waals surface area contributed by atoms with Crippen LogP contribution >= 0.6 is 0 Å². The Bertz CT molecular complexity index is 930. The van der Waals surface area contributed by atoms with Gasteiger partial charge < -0.3 is 25.5 Å². The summed E-state index contributed by atoms with van der Waals surface area (Å²) in [4.78, 5) is 26.2. The second-order valence-electron chi connectivity index (χ2n) is 6.46. The molecule has 28 heavy (non-hydrogen) atoms. The largest absolute Gasteiger partial charge is 0.493 e. The van der Waals surface area contributed by atoms with E-state index in [4.69, 9.17) is 10.5 Å². The summed E-state index contributed by atoms with van der Waals surface area (Å²) < 4.78 is 35.3. The third-order valence-corrected chi connectivity index (χ3v) is 4.74. The fraction of sp³-hybridized carbons (Fsp3) is 0.368. The Morgan fingerprint density at radius 2 is 2.21 bits per heavy atom. The van der Waals surface area contributed by atoms with Crippen molar-refractivity contribution in [1.29, 1.82) is 0 Å². The number of benzene rings is 1. The van der Waals surface area contributed by atoms with E-state index >= 15 is 0 Å². The summed E-state index contributed by atoms with van der Waals surface area (Å²) in [7, 11) is 1.38. The van der Waals surface area contributed by atoms with Gasteiger partial charge in [-0.3, -0.25) is 9.59 Å². The molecule has 2 aromatic rings. The fourth-order valence-electron chi connectivity index (χ4n) is 3.45. The highest BCUT2D eigenvalue weighted by atomic mass is 19.3. The van der Waals surface area contributed by atoms with Crippen molar-refractivity contribution >= 4 is 5.91 Å². The Labute approximate surface area is 159 Å². The number of aromatic nitrogens is 1. The van der Waals surface area contributed by atoms with Crippen molar-refractivity contribution in [2.24, 2.45) is 5.73 Å². The number of rotatable bonds is 7. The van der Waals surface area contributed by atoms with Gasteiger partial charge in [-0.05, 0) is 37.0 Å². The molecule has 0 radical (unpaired) electrons. The number of primary amides is 1. The first kappa shape index (κ1) is 19.8. The molecular weight excluding hydrogens is 372 g/mol. The molecule has 0 fully saturated rings. The Kier molecular flexibility index (Phi) is 5.93. The van der Waals surface area contributed by atoms with Crippen molar-refractivity contribution < 1.29 is 23.0 Å². The summed E-state index contributed by atoms with van der Waals surface area (Å²) in [5, 5.41) is 3.29. The number of fused-ring (bicyclic) bond motifs is 1. The minimum Gasteiger partial charge on any atom is -0.493 e. The van der Waals surface area contributed by atoms with E-state index in [9.17, 15) is 18.4 Å². The lowest BCUT2D eigenvalue weighted by atomic mass is 9.90. The number of hydrogen-bond donors (Lipinski definition) is 3. The second kappa shape index (κ2) is 8.39. The van der Waals surface area contributed by atoms with E-state index in [1.54, 1.807) is 18.2 Å². The maximum atomic E-state index is 12.8. The van der Waals surface area contributed by atoms with Gasteiger partial charge in [-0.15, -0.1) is 0 Å². The average molecular weight is 393 g/mol. The van der Waals surface area contributed by atoms with Crippen LogP contribution in [0, 0.1) is 0 Å². The van der Waals surface area contributed by atoms with Crippen LogP contribution in [0.2, 0.25) is 0 Å². The van der Waals surface area contributed by atoms with E-state index in [1.807, 2.05) is 0 Å². The molecule has 1 heterocycles. The van der Waals surface area contributed by atoms with Gasteiger partial charge in [0.05, 0.1) is 7.11 Å². The van der Waals surface area contributed by atoms with E-state index in [0.29, 0.717) is 12.0 Å². The van der Waals surface area contributed by atoms with Crippen LogP contribution in [0.15, 0.2) is 29.1 Å². The minimum atomic E-state index is -2.98. The Hall–Kier alpha value is -2.94. The van der Waals surface area contributed by atoms with Crippen molar-refractivity contribution in [1.82, 2.24) is 10.3 Å². The number of hydrogen-bond acceptors (Lipinski definition) is 5. The van der Waals surface area contributed by atoms with Crippen LogP contribution < -0.4 is 26.1 Å². The molecule has 0 saturated heterocycles. The molecule has 0 spiro atoms. The molecule has 1 amide bonds. The number of nitrogens with one attached hydrogen (secondary N) is 2. The Morgan fingerprint density at radius 1 is 1.43 bits per heavy atom. The maximum absolute atomic E-state index is 12.8. The van der Waals surface area contributed by atoms with E-state index in [0.717, 1.165) is 24.1 Å². The van der Waals surface area contributed by atoms with Crippen LogP contribution in [0.4, 0.5) is 8.78 Å². The van der Waals surface area contributed by atoms with Gasteiger partial charge in [-0.2, -0.15) is 8.78 Å². The number of aryl methyl sites for hydroxylation is 1. The van der Waals surface area contributed by atoms with Crippen LogP contribution in [-0.4, -0.2) is 24.6 Å². The van der Waals surface area contributed by atoms with Crippen LogP contribution in [0.5, 0.6) is 11.5 Å². The molecule has 150 valence electrons. The number of carbonyl (C=O) groups is 1. The van der Waals surface area contributed by atoms with Crippen LogP contribution in [-0.2, 0) is 13.0 Å². The fourth-order valence-corrected chi connectivity index (χ4v) is 3.45. The first-order chi connectivity index (χ1) is 13.4. The minimum absolute atomic E-state index is 0.0252. The number of H-pyrrole nitrogens is 1. The molecule has 4 N–H and O–H groups in total. The highest BCUT2D eigenvalue weighted by molar-refractivity contribution is 5.92. The van der Waals surface area contributed by atoms with Crippen LogP contribution in [0.25, 0.3) is 0 Å². The molecule has 1 unspecified atom stereocenters. The smallest absolute Gasteiger partial charge is 0.387 e. The summed E-state index contributed by atoms with van der Waals surface area (Å²) >= 11 is 0. The van der Waals surface area contributed by atoms with E-state index in [-0.39, 0.29) is 29.6 Å². The van der Waals surface area contributed by atoms with Crippen molar-refractivity contribution in [3.63, 3.8) is 0 Å². The van der Waals surface area contributed by atoms with Gasteiger partial charge in [-0.1, -0.05) is 12.1 Å². The maximum Gasteiger partial charge on any atom is 0.387 e. The summed E-state index contributed by atoms with van der Waals surface area (Å²) in [6.45, 7) is -2.75. The molecule has 0 bridgehead atoms. The monoisotopic (exact) mass is 393 g/mol. The zero-order valence-corrected chi connectivity index (χ0v) is 15.3. The standard InChI is InChI=1S/C19H21F2N3O4/c1-27-15-7-2-4-10(16(15)28-19(20)21)9-23-13-5-3-6-14-11(13)8-12(17(22)25)18(26)24-14/h2,4,7-8,13,19,23H,3,5-6,9H2,1H3,(H2,22,25)(H,24,26). The quantitative estimate of drug-likeness (QED) is 0.669. The van der Waals surface area contributed by atoms with Crippen LogP contribution in [0.3, 0.4) is 0 Å². The normalized spacial score (nSPS) is 15.9. The van der Waals surface area contributed by atoms with Crippen molar-refractivity contribution in [3.05, 3.63) is 57.0 Å². The number of alkyl halides is 2. The number of para-hydroxylation sites is 1. The van der Waals surface area contributed by atoms with E-state index in [1.165, 1.54) is 13.2 Å². The Morgan fingerprint density at radius 3 is 2.89 bits per heavy atom. The molecule has 0 aliphatic heterocycles. The highest BCUT2D eigenvalue weighted by Crippen LogP contribution is 2.34. The van der Waals surface area contributed by atoms with Crippen molar-refractivity contribution in [2.45, 2.75) is 38.5 Å². The molecule has 1 aromatic carbocycles. The number of pyridine rings is 1. The second-order valence-corrected chi connectivity index (χ2v) is 6.46. The number of carbonyl (C=O) groups excluding carboxylic acids is 1. The van der Waals surface area contributed by atoms with E-state index < -0.39 is 18.1 Å². The number of amides is 1. The van der Waals surface area contributed by atoms with Gasteiger partial charge in [-0.25, -0.2) is 0 Å². The number of methoxy groups -OCH3 is 1. The van der Waals surface area contributed by atoms with Gasteiger partial charge in [0.2, 0.25) is 0 Å². The summed E-state index contributed by atoms with van der Waals surface area (Å²) in [6, 6.07) is 6.23. The van der Waals surface area contributed by atoms with E-state index in [2.05, 4.69) is 15.0 Å². The molecule has 1 aromatic heterocycles. The van der Waals surface area contributed by atoms with Gasteiger partial charge in [0, 0.05) is 23.8 Å². The zero-order chi connectivity index (χ0) is 20.3. The number of nitrogens with two attached hydrogens (primary N) is 1. The average Bonchev–Trinajstić information content (AvgIpc) is 2.65. The predicted molar refractivity (Wildman–Crippen MR) is 97.7 cm³/mol. The molecule has 0 saturated carbocycles. The third kappa shape index (κ3) is 4.14. The third-order valence-electron chi connectivity index (χ3n) is 4.74. The van der Waals surface area contributed by atoms with Gasteiger partial charge >= 0.3 is 6.61 Å². The van der Waals surface area contributed by atoms with Crippen molar-refractivity contribution in [3.8, 4) is 11.5 Å². The first-order valence-corrected chi connectivity index (χ1v) is 8.80. The van der Waals surface area contributed by atoms with Gasteiger partial charge in [0.25, 0.3) is 11.5 Å². The lowest BCUT2D eigenvalue weighted by molar-refractivity contribution is -0.0519. The van der Waals surface area contributed by atoms with Crippen molar-refractivity contribution in [2.75, 3.05) is 7.11 Å². The number of halogens is 2. The predicted octanol–water partition coefficient (Wildman–Crippen LogP) is 2.25. The molecule has 9 heteroatoms. The van der Waals surface area contributed by atoms with Gasteiger partial charge in [0.1, 0.15) is 5.56 Å².